The van der Waals surface area contributed by atoms with Crippen molar-refractivity contribution in [2.45, 2.75) is 13.3 Å². The van der Waals surface area contributed by atoms with E-state index in [9.17, 15) is 14.7 Å². The maximum absolute atomic E-state index is 12.8. The van der Waals surface area contributed by atoms with Crippen LogP contribution in [0.1, 0.15) is 12.0 Å². The molecule has 0 spiro atoms. The Bertz CT molecular complexity index is 681. The molecule has 2 N–H and O–H groups in total. The third-order valence-corrected chi connectivity index (χ3v) is 5.64. The maximum Gasteiger partial charge on any atom is 0.307 e. The van der Waals surface area contributed by atoms with E-state index in [0.29, 0.717) is 11.8 Å². The molecule has 0 radical (unpaired) electrons. The third-order valence-electron chi connectivity index (χ3n) is 5.64. The first kappa shape index (κ1) is 13.6. The van der Waals surface area contributed by atoms with Crippen molar-refractivity contribution in [3.8, 4) is 0 Å². The number of rotatable bonds is 3. The Hall–Kier alpha value is -2.10. The van der Waals surface area contributed by atoms with E-state index < -0.39 is 17.8 Å². The van der Waals surface area contributed by atoms with Crippen LogP contribution in [0.3, 0.4) is 0 Å². The molecule has 1 amide bonds. The highest BCUT2D eigenvalue weighted by Crippen LogP contribution is 2.63. The fourth-order valence-corrected chi connectivity index (χ4v) is 4.50. The second kappa shape index (κ2) is 4.70. The van der Waals surface area contributed by atoms with E-state index >= 15 is 0 Å². The van der Waals surface area contributed by atoms with Crippen LogP contribution in [-0.2, 0) is 9.59 Å². The van der Waals surface area contributed by atoms with Crippen LogP contribution in [-0.4, -0.2) is 17.0 Å². The number of aliphatic carboxylic acids is 1. The highest BCUT2D eigenvalue weighted by molar-refractivity contribution is 5.96. The van der Waals surface area contributed by atoms with Gasteiger partial charge in [-0.05, 0) is 48.6 Å². The van der Waals surface area contributed by atoms with Crippen LogP contribution in [0.4, 0.5) is 5.69 Å². The lowest BCUT2D eigenvalue weighted by atomic mass is 9.62. The Morgan fingerprint density at radius 3 is 2.36 bits per heavy atom. The molecule has 114 valence electrons. The molecule has 2 fully saturated rings. The highest BCUT2D eigenvalue weighted by atomic mass is 16.4. The first-order valence-electron chi connectivity index (χ1n) is 7.85. The lowest BCUT2D eigenvalue weighted by Gasteiger charge is -2.41. The lowest BCUT2D eigenvalue weighted by Crippen LogP contribution is -2.48. The summed E-state index contributed by atoms with van der Waals surface area (Å²) >= 11 is 0. The number of carbonyl (C=O) groups excluding carboxylic acids is 1. The second-order valence-electron chi connectivity index (χ2n) is 6.80. The average Bonchev–Trinajstić information content (AvgIpc) is 3.30. The Labute approximate surface area is 129 Å². The van der Waals surface area contributed by atoms with Gasteiger partial charge in [0.15, 0.2) is 0 Å². The number of carbonyl (C=O) groups is 2. The minimum atomic E-state index is -0.838. The summed E-state index contributed by atoms with van der Waals surface area (Å²) in [7, 11) is 0. The lowest BCUT2D eigenvalue weighted by molar-refractivity contribution is -0.152. The molecule has 0 saturated heterocycles. The predicted molar refractivity (Wildman–Crippen MR) is 82.1 cm³/mol. The fourth-order valence-electron chi connectivity index (χ4n) is 4.50. The summed E-state index contributed by atoms with van der Waals surface area (Å²) in [6, 6.07) is 7.60. The number of benzene rings is 1. The summed E-state index contributed by atoms with van der Waals surface area (Å²) in [5.74, 6) is -0.906. The SMILES string of the molecule is Cc1ccccc1NC(=O)[C@@H]1[C@H]2C=C[C@H]([C@H]3C[C@H]23)[C@@H]1C(=O)O. The number of carboxylic acids is 1. The number of hydrogen-bond donors (Lipinski definition) is 2. The highest BCUT2D eigenvalue weighted by Gasteiger charge is 2.62. The van der Waals surface area contributed by atoms with Gasteiger partial charge < -0.3 is 10.4 Å². The van der Waals surface area contributed by atoms with E-state index in [2.05, 4.69) is 11.4 Å². The van der Waals surface area contributed by atoms with Crippen LogP contribution in [0.2, 0.25) is 0 Å². The van der Waals surface area contributed by atoms with Gasteiger partial charge in [0.2, 0.25) is 5.91 Å². The number of amides is 1. The largest absolute Gasteiger partial charge is 0.481 e. The topological polar surface area (TPSA) is 66.4 Å². The number of nitrogens with one attached hydrogen (secondary N) is 1. The third kappa shape index (κ3) is 1.90. The van der Waals surface area contributed by atoms with Gasteiger partial charge in [-0.1, -0.05) is 30.4 Å². The van der Waals surface area contributed by atoms with Crippen LogP contribution in [0.15, 0.2) is 36.4 Å². The first-order valence-corrected chi connectivity index (χ1v) is 7.85. The standard InChI is InChI=1S/C18H19NO3/c1-9-4-2-3-5-14(9)19-17(20)15-10-6-7-11(13-8-12(10)13)16(15)18(21)22/h2-7,10-13,15-16H,8H2,1H3,(H,19,20)(H,21,22)/t10-,11+,12+,13+,15+,16-/m0/s1. The molecule has 0 aromatic heterocycles. The quantitative estimate of drug-likeness (QED) is 0.843. The molecule has 4 heteroatoms. The zero-order chi connectivity index (χ0) is 15.4. The Kier molecular flexibility index (Phi) is 2.90. The van der Waals surface area contributed by atoms with Crippen molar-refractivity contribution in [2.75, 3.05) is 5.32 Å². The Morgan fingerprint density at radius 2 is 1.73 bits per heavy atom. The molecule has 0 unspecified atom stereocenters. The number of hydrogen-bond acceptors (Lipinski definition) is 2. The molecular formula is C18H19NO3. The van der Waals surface area contributed by atoms with Crippen LogP contribution in [0.5, 0.6) is 0 Å². The van der Waals surface area contributed by atoms with Gasteiger partial charge in [-0.2, -0.15) is 0 Å². The molecule has 4 nitrogen and oxygen atoms in total. The average molecular weight is 297 g/mol. The van der Waals surface area contributed by atoms with Gasteiger partial charge in [0.05, 0.1) is 11.8 Å². The number of fused-ring (bicyclic) bond motifs is 1. The molecule has 2 bridgehead atoms. The summed E-state index contributed by atoms with van der Waals surface area (Å²) in [5, 5.41) is 12.6. The normalized spacial score (nSPS) is 37.5. The van der Waals surface area contributed by atoms with Gasteiger partial charge in [0.1, 0.15) is 0 Å². The van der Waals surface area contributed by atoms with Crippen molar-refractivity contribution in [3.63, 3.8) is 0 Å². The molecule has 1 aromatic rings. The number of allylic oxidation sites excluding steroid dienone is 2. The van der Waals surface area contributed by atoms with E-state index in [4.69, 9.17) is 0 Å². The maximum atomic E-state index is 12.8. The number of aryl methyl sites for hydroxylation is 1. The smallest absolute Gasteiger partial charge is 0.307 e. The van der Waals surface area contributed by atoms with E-state index in [0.717, 1.165) is 17.7 Å². The summed E-state index contributed by atoms with van der Waals surface area (Å²) in [4.78, 5) is 24.5. The van der Waals surface area contributed by atoms with Crippen LogP contribution in [0.25, 0.3) is 0 Å². The minimum absolute atomic E-state index is 0.0279. The number of carboxylic acid groups (broad SMARTS) is 1. The van der Waals surface area contributed by atoms with Crippen molar-refractivity contribution >= 4 is 17.6 Å². The van der Waals surface area contributed by atoms with Crippen molar-refractivity contribution < 1.29 is 14.7 Å². The molecule has 2 saturated carbocycles. The summed E-state index contributed by atoms with van der Waals surface area (Å²) in [6.45, 7) is 1.94. The van der Waals surface area contributed by atoms with E-state index in [1.807, 2.05) is 37.3 Å². The van der Waals surface area contributed by atoms with Gasteiger partial charge in [-0.3, -0.25) is 9.59 Å². The molecule has 1 aromatic carbocycles. The van der Waals surface area contributed by atoms with Crippen molar-refractivity contribution in [1.29, 1.82) is 0 Å². The van der Waals surface area contributed by atoms with Crippen LogP contribution in [0, 0.1) is 42.4 Å². The fraction of sp³-hybridized carbons (Fsp3) is 0.444. The van der Waals surface area contributed by atoms with Crippen molar-refractivity contribution in [3.05, 3.63) is 42.0 Å². The van der Waals surface area contributed by atoms with Crippen LogP contribution < -0.4 is 5.32 Å². The first-order chi connectivity index (χ1) is 10.6. The molecule has 6 atom stereocenters. The van der Waals surface area contributed by atoms with Gasteiger partial charge in [0, 0.05) is 5.69 Å². The minimum Gasteiger partial charge on any atom is -0.481 e. The molecule has 0 aliphatic heterocycles. The van der Waals surface area contributed by atoms with E-state index in [-0.39, 0.29) is 17.7 Å². The van der Waals surface area contributed by atoms with Gasteiger partial charge in [-0.15, -0.1) is 0 Å². The zero-order valence-electron chi connectivity index (χ0n) is 12.4. The molecule has 0 heterocycles. The van der Waals surface area contributed by atoms with Gasteiger partial charge in [-0.25, -0.2) is 0 Å². The Morgan fingerprint density at radius 1 is 1.09 bits per heavy atom. The Balaban J connectivity index is 1.63. The number of anilines is 1. The van der Waals surface area contributed by atoms with Crippen molar-refractivity contribution in [1.82, 2.24) is 0 Å². The van der Waals surface area contributed by atoms with E-state index in [1.165, 1.54) is 0 Å². The van der Waals surface area contributed by atoms with Crippen LogP contribution >= 0.6 is 0 Å². The van der Waals surface area contributed by atoms with E-state index in [1.54, 1.807) is 0 Å². The van der Waals surface area contributed by atoms with Gasteiger partial charge in [0.25, 0.3) is 0 Å². The molecule has 4 aliphatic carbocycles. The zero-order valence-corrected chi connectivity index (χ0v) is 12.4. The summed E-state index contributed by atoms with van der Waals surface area (Å²) in [5.41, 5.74) is 1.76. The summed E-state index contributed by atoms with van der Waals surface area (Å²) < 4.78 is 0. The second-order valence-corrected chi connectivity index (χ2v) is 6.80. The monoisotopic (exact) mass is 297 g/mol. The molecule has 22 heavy (non-hydrogen) atoms. The molecule has 5 rings (SSSR count). The molecular weight excluding hydrogens is 278 g/mol. The molecule has 4 aliphatic rings. The summed E-state index contributed by atoms with van der Waals surface area (Å²) in [6.07, 6.45) is 5.19. The predicted octanol–water partition coefficient (Wildman–Crippen LogP) is 2.70. The van der Waals surface area contributed by atoms with Gasteiger partial charge >= 0.3 is 5.97 Å². The number of para-hydroxylation sites is 1. The van der Waals surface area contributed by atoms with Crippen molar-refractivity contribution in [2.24, 2.45) is 35.5 Å².